The molecule has 0 saturated heterocycles. The molecule has 0 aromatic heterocycles. The summed E-state index contributed by atoms with van der Waals surface area (Å²) in [5.74, 6) is 1.01. The van der Waals surface area contributed by atoms with Gasteiger partial charge in [-0.3, -0.25) is 0 Å². The first kappa shape index (κ1) is 24.7. The maximum Gasteiger partial charge on any atom is 0.513 e. The quantitative estimate of drug-likeness (QED) is 0.504. The first-order valence-electron chi connectivity index (χ1n) is 8.73. The van der Waals surface area contributed by atoms with Crippen molar-refractivity contribution in [1.82, 2.24) is 0 Å². The highest BCUT2D eigenvalue weighted by Gasteiger charge is 2.04. The monoisotopic (exact) mass is 390 g/mol. The highest BCUT2D eigenvalue weighted by atomic mass is 16.7. The summed E-state index contributed by atoms with van der Waals surface area (Å²) in [5.41, 5.74) is 0. The van der Waals surface area contributed by atoms with Gasteiger partial charge in [-0.1, -0.05) is 50.2 Å². The van der Waals surface area contributed by atoms with Gasteiger partial charge in [-0.15, -0.1) is 0 Å². The van der Waals surface area contributed by atoms with Crippen LogP contribution in [0.15, 0.2) is 60.7 Å². The van der Waals surface area contributed by atoms with E-state index < -0.39 is 12.3 Å². The summed E-state index contributed by atoms with van der Waals surface area (Å²) in [6.45, 7) is 6.64. The molecule has 0 N–H and O–H groups in total. The number of hydrogen-bond donors (Lipinski definition) is 0. The van der Waals surface area contributed by atoms with Crippen LogP contribution in [0, 0.1) is 0 Å². The van der Waals surface area contributed by atoms with Gasteiger partial charge in [0.05, 0.1) is 13.2 Å². The van der Waals surface area contributed by atoms with Crippen molar-refractivity contribution in [2.75, 3.05) is 13.2 Å². The molecule has 2 aromatic carbocycles. The molecular weight excluding hydrogens is 364 g/mol. The van der Waals surface area contributed by atoms with Crippen LogP contribution in [-0.2, 0) is 14.3 Å². The van der Waals surface area contributed by atoms with Crippen molar-refractivity contribution in [3.63, 3.8) is 0 Å². The van der Waals surface area contributed by atoms with Crippen molar-refractivity contribution in [3.8, 4) is 11.5 Å². The minimum atomic E-state index is -0.645. The van der Waals surface area contributed by atoms with E-state index in [0.29, 0.717) is 24.7 Å². The van der Waals surface area contributed by atoms with E-state index in [1.807, 2.05) is 32.8 Å². The molecule has 0 aliphatic heterocycles. The van der Waals surface area contributed by atoms with E-state index in [1.54, 1.807) is 48.5 Å². The van der Waals surface area contributed by atoms with E-state index >= 15 is 0 Å². The van der Waals surface area contributed by atoms with Crippen molar-refractivity contribution < 1.29 is 33.3 Å². The molecule has 0 spiro atoms. The predicted molar refractivity (Wildman–Crippen MR) is 105 cm³/mol. The first-order chi connectivity index (χ1) is 13.7. The van der Waals surface area contributed by atoms with Crippen LogP contribution in [0.2, 0.25) is 0 Å². The Morgan fingerprint density at radius 1 is 0.679 bits per heavy atom. The lowest BCUT2D eigenvalue weighted by atomic mass is 10.3. The van der Waals surface area contributed by atoms with Gasteiger partial charge in [0.15, 0.2) is 0 Å². The molecule has 7 nitrogen and oxygen atoms in total. The topological polar surface area (TPSA) is 88.1 Å². The van der Waals surface area contributed by atoms with Gasteiger partial charge < -0.3 is 23.7 Å². The summed E-state index contributed by atoms with van der Waals surface area (Å²) in [7, 11) is 0. The molecule has 0 fully saturated rings. The van der Waals surface area contributed by atoms with Crippen molar-refractivity contribution in [3.05, 3.63) is 60.7 Å². The van der Waals surface area contributed by atoms with Crippen LogP contribution >= 0.6 is 0 Å². The third-order valence-corrected chi connectivity index (χ3v) is 2.74. The summed E-state index contributed by atoms with van der Waals surface area (Å²) in [6, 6.07) is 17.7. The molecule has 2 aromatic rings. The second-order valence-corrected chi connectivity index (χ2v) is 5.03. The molecule has 0 saturated carbocycles. The summed E-state index contributed by atoms with van der Waals surface area (Å²) < 4.78 is 19.2. The Hall–Kier alpha value is -3.35. The molecule has 0 aliphatic rings. The zero-order valence-corrected chi connectivity index (χ0v) is 16.2. The van der Waals surface area contributed by atoms with Gasteiger partial charge in [0, 0.05) is 0 Å². The third-order valence-electron chi connectivity index (χ3n) is 2.74. The zero-order chi connectivity index (χ0) is 21.0. The van der Waals surface area contributed by atoms with Gasteiger partial charge >= 0.3 is 12.3 Å². The van der Waals surface area contributed by atoms with Crippen LogP contribution in [0.25, 0.3) is 0 Å². The summed E-state index contributed by atoms with van der Waals surface area (Å²) in [5, 5.41) is 0. The number of ether oxygens (including phenoxy) is 4. The maximum atomic E-state index is 10.9. The molecule has 7 heteroatoms. The highest BCUT2D eigenvalue weighted by Crippen LogP contribution is 2.09. The molecule has 0 unspecified atom stereocenters. The minimum Gasteiger partial charge on any atom is -0.434 e. The number of benzene rings is 2. The smallest absolute Gasteiger partial charge is 0.434 e. The van der Waals surface area contributed by atoms with E-state index in [1.165, 1.54) is 0 Å². The predicted octanol–water partition coefficient (Wildman–Crippen LogP) is 5.04. The van der Waals surface area contributed by atoms with Crippen LogP contribution in [-0.4, -0.2) is 32.3 Å². The van der Waals surface area contributed by atoms with Gasteiger partial charge in [-0.05, 0) is 37.1 Å². The molecule has 0 aliphatic carbocycles. The fourth-order valence-corrected chi connectivity index (χ4v) is 1.60. The molecule has 2 rings (SSSR count). The summed E-state index contributed by atoms with van der Waals surface area (Å²) in [4.78, 5) is 29.9. The van der Waals surface area contributed by atoms with Gasteiger partial charge in [-0.25, -0.2) is 9.59 Å². The average molecular weight is 390 g/mol. The number of rotatable bonds is 6. The number of hydrogen-bond acceptors (Lipinski definition) is 7. The lowest BCUT2D eigenvalue weighted by Crippen LogP contribution is -2.10. The van der Waals surface area contributed by atoms with E-state index in [9.17, 15) is 9.59 Å². The van der Waals surface area contributed by atoms with Crippen molar-refractivity contribution in [2.45, 2.75) is 26.7 Å². The zero-order valence-electron chi connectivity index (χ0n) is 16.2. The fourth-order valence-electron chi connectivity index (χ4n) is 1.60. The third kappa shape index (κ3) is 12.9. The lowest BCUT2D eigenvalue weighted by molar-refractivity contribution is -0.0980. The molecule has 0 radical (unpaired) electrons. The second kappa shape index (κ2) is 17.1. The Morgan fingerprint density at radius 3 is 1.29 bits per heavy atom. The molecule has 0 heterocycles. The van der Waals surface area contributed by atoms with Gasteiger partial charge in [-0.2, -0.15) is 0 Å². The van der Waals surface area contributed by atoms with E-state index in [0.717, 1.165) is 12.8 Å². The molecule has 0 atom stereocenters. The molecular formula is C21H26O7. The summed E-state index contributed by atoms with van der Waals surface area (Å²) >= 11 is 0. The highest BCUT2D eigenvalue weighted by molar-refractivity contribution is 5.64. The first-order valence-corrected chi connectivity index (χ1v) is 8.73. The Morgan fingerprint density at radius 2 is 1.00 bits per heavy atom. The van der Waals surface area contributed by atoms with Crippen molar-refractivity contribution in [2.24, 2.45) is 0 Å². The van der Waals surface area contributed by atoms with E-state index in [4.69, 9.17) is 23.7 Å². The average Bonchev–Trinajstić information content (AvgIpc) is 2.74. The van der Waals surface area contributed by atoms with Crippen LogP contribution in [0.3, 0.4) is 0 Å². The molecule has 152 valence electrons. The fraction of sp³-hybridized carbons (Fsp3) is 0.286. The Balaban J connectivity index is 0.000000478. The second-order valence-electron chi connectivity index (χ2n) is 5.03. The van der Waals surface area contributed by atoms with Crippen molar-refractivity contribution in [1.29, 1.82) is 0 Å². The normalized spacial score (nSPS) is 8.79. The lowest BCUT2D eigenvalue weighted by Gasteiger charge is -2.03. The Bertz CT molecular complexity index is 587. The van der Waals surface area contributed by atoms with Gasteiger partial charge in [0.2, 0.25) is 0 Å². The van der Waals surface area contributed by atoms with E-state index in [-0.39, 0.29) is 0 Å². The number of para-hydroxylation sites is 2. The van der Waals surface area contributed by atoms with Crippen molar-refractivity contribution >= 4 is 19.1 Å². The number of carbonyl (C=O) groups is 3. The van der Waals surface area contributed by atoms with Crippen LogP contribution < -0.4 is 9.47 Å². The maximum absolute atomic E-state index is 10.9. The minimum absolute atomic E-state index is 0.395. The van der Waals surface area contributed by atoms with Gasteiger partial charge in [0.25, 0.3) is 0 Å². The molecule has 0 bridgehead atoms. The standard InChI is InChI=1S/2C10H12O3.CH2O/c2*1-2-8-12-10(11)13-9-6-4-3-5-7-9;1-2/h2*3-7H,2,8H2,1H3;1H2. The Kier molecular flexibility index (Phi) is 15.0. The van der Waals surface area contributed by atoms with E-state index in [2.05, 4.69) is 0 Å². The molecule has 28 heavy (non-hydrogen) atoms. The van der Waals surface area contributed by atoms with Crippen LogP contribution in [0.5, 0.6) is 11.5 Å². The van der Waals surface area contributed by atoms with Crippen LogP contribution in [0.4, 0.5) is 9.59 Å². The molecule has 0 amide bonds. The van der Waals surface area contributed by atoms with Crippen LogP contribution in [0.1, 0.15) is 26.7 Å². The number of carbonyl (C=O) groups excluding carboxylic acids is 3. The SMILES string of the molecule is C=O.CCCOC(=O)Oc1ccccc1.CCCOC(=O)Oc1ccccc1. The summed E-state index contributed by atoms with van der Waals surface area (Å²) in [6.07, 6.45) is 0.300. The largest absolute Gasteiger partial charge is 0.513 e. The Labute approximate surface area is 165 Å². The van der Waals surface area contributed by atoms with Gasteiger partial charge in [0.1, 0.15) is 18.3 Å².